The van der Waals surface area contributed by atoms with Crippen molar-refractivity contribution in [2.45, 2.75) is 25.4 Å². The van der Waals surface area contributed by atoms with E-state index in [9.17, 15) is 0 Å². The molecule has 1 N–H and O–H groups in total. The first kappa shape index (κ1) is 38.5. The van der Waals surface area contributed by atoms with Gasteiger partial charge in [0, 0.05) is 16.5 Å². The van der Waals surface area contributed by atoms with E-state index in [1.165, 1.54) is 82.7 Å². The summed E-state index contributed by atoms with van der Waals surface area (Å²) in [5, 5.41) is 8.84. The van der Waals surface area contributed by atoms with E-state index in [1.807, 2.05) is 0 Å². The van der Waals surface area contributed by atoms with Gasteiger partial charge in [0.15, 0.2) is 5.84 Å². The van der Waals surface area contributed by atoms with Gasteiger partial charge < -0.3 is 5.32 Å². The summed E-state index contributed by atoms with van der Waals surface area (Å²) >= 11 is 0. The van der Waals surface area contributed by atoms with Gasteiger partial charge in [-0.05, 0) is 112 Å². The number of nitrogens with zero attached hydrogens (tertiary/aromatic N) is 2. The fourth-order valence-electron chi connectivity index (χ4n) is 10.2. The minimum Gasteiger partial charge on any atom is -0.344 e. The fraction of sp³-hybridized carbons (Fsp3) is 0.0645. The number of rotatable bonds is 7. The van der Waals surface area contributed by atoms with E-state index in [0.29, 0.717) is 5.84 Å². The highest BCUT2D eigenvalue weighted by atomic mass is 15.2. The second-order valence-corrected chi connectivity index (χ2v) is 17.7. The van der Waals surface area contributed by atoms with Gasteiger partial charge >= 0.3 is 0 Å². The van der Waals surface area contributed by atoms with Gasteiger partial charge in [0.05, 0.1) is 0 Å². The Hall–Kier alpha value is -8.14. The van der Waals surface area contributed by atoms with Crippen LogP contribution in [0.15, 0.2) is 234 Å². The van der Waals surface area contributed by atoms with Crippen LogP contribution < -0.4 is 5.32 Å². The van der Waals surface area contributed by atoms with Crippen LogP contribution in [0.3, 0.4) is 0 Å². The lowest BCUT2D eigenvalue weighted by molar-refractivity contribution is 0.659. The number of benzene rings is 10. The third-order valence-corrected chi connectivity index (χ3v) is 13.5. The zero-order valence-corrected chi connectivity index (χ0v) is 36.3. The van der Waals surface area contributed by atoms with Crippen LogP contribution in [0.4, 0.5) is 0 Å². The third-order valence-electron chi connectivity index (χ3n) is 13.5. The molecule has 0 saturated carbocycles. The molecule has 0 bridgehead atoms. The highest BCUT2D eigenvalue weighted by Gasteiger charge is 2.37. The zero-order valence-electron chi connectivity index (χ0n) is 36.3. The molecule has 2 aliphatic rings. The molecule has 1 aliphatic heterocycles. The number of aliphatic imine (C=N–C) groups is 2. The van der Waals surface area contributed by atoms with Crippen molar-refractivity contribution < 1.29 is 0 Å². The predicted octanol–water partition coefficient (Wildman–Crippen LogP) is 15.5. The average Bonchev–Trinajstić information content (AvgIpc) is 3.60. The molecule has 0 radical (unpaired) electrons. The van der Waals surface area contributed by atoms with E-state index in [0.717, 1.165) is 28.1 Å². The summed E-state index contributed by atoms with van der Waals surface area (Å²) in [5.74, 6) is 1.52. The maximum atomic E-state index is 5.31. The van der Waals surface area contributed by atoms with Crippen LogP contribution in [-0.2, 0) is 5.41 Å². The summed E-state index contributed by atoms with van der Waals surface area (Å²) in [6.45, 7) is 4.76. The van der Waals surface area contributed by atoms with E-state index < -0.39 is 0 Å². The first-order valence-electron chi connectivity index (χ1n) is 22.5. The zero-order chi connectivity index (χ0) is 43.5. The molecule has 1 heterocycles. The van der Waals surface area contributed by atoms with Crippen molar-refractivity contribution in [3.05, 3.63) is 252 Å². The largest absolute Gasteiger partial charge is 0.344 e. The summed E-state index contributed by atoms with van der Waals surface area (Å²) in [6.07, 6.45) is -0.332. The summed E-state index contributed by atoms with van der Waals surface area (Å²) in [5.41, 5.74) is 17.7. The Morgan fingerprint density at radius 3 is 1.35 bits per heavy atom. The first-order valence-corrected chi connectivity index (χ1v) is 22.5. The molecule has 0 saturated heterocycles. The van der Waals surface area contributed by atoms with Crippen LogP contribution in [0.1, 0.15) is 47.8 Å². The second-order valence-electron chi connectivity index (χ2n) is 17.7. The first-order chi connectivity index (χ1) is 32.0. The molecule has 3 heteroatoms. The Bertz CT molecular complexity index is 3480. The summed E-state index contributed by atoms with van der Waals surface area (Å²) in [7, 11) is 0. The van der Waals surface area contributed by atoms with Crippen molar-refractivity contribution >= 4 is 33.2 Å². The summed E-state index contributed by atoms with van der Waals surface area (Å²) in [6, 6.07) is 81.0. The van der Waals surface area contributed by atoms with Gasteiger partial charge in [0.2, 0.25) is 0 Å². The van der Waals surface area contributed by atoms with Gasteiger partial charge in [-0.3, -0.25) is 0 Å². The Morgan fingerprint density at radius 1 is 0.369 bits per heavy atom. The number of hydrogen-bond donors (Lipinski definition) is 1. The third kappa shape index (κ3) is 6.67. The molecule has 0 amide bonds. The van der Waals surface area contributed by atoms with Crippen LogP contribution in [0.25, 0.3) is 77.2 Å². The van der Waals surface area contributed by atoms with E-state index >= 15 is 0 Å². The monoisotopic (exact) mass is 831 g/mol. The lowest BCUT2D eigenvalue weighted by Gasteiger charge is -2.26. The van der Waals surface area contributed by atoms with Gasteiger partial charge in [-0.25, -0.2) is 9.98 Å². The van der Waals surface area contributed by atoms with E-state index in [1.54, 1.807) is 0 Å². The fourth-order valence-corrected chi connectivity index (χ4v) is 10.2. The molecular formula is C62H45N3. The molecule has 0 spiro atoms. The van der Waals surface area contributed by atoms with E-state index in [-0.39, 0.29) is 11.6 Å². The molecular weight excluding hydrogens is 787 g/mol. The van der Waals surface area contributed by atoms with Crippen LogP contribution in [0, 0.1) is 0 Å². The standard InChI is InChI=1S/C62H45N3/c1-62(2)55-37-48(61-64-59(46-31-27-42(28-32-46)40-17-7-3-8-18-40)63-60(65-61)47-33-29-43(30-34-47)41-19-9-4-10-20-41)35-36-49(55)52-38-53-54(39-56(52)62)58(45-23-13-6-14-24-45)51-26-16-15-25-50(51)57(53)44-21-11-5-12-22-44/h3-39,59H,1-2H3,(H,63,64,65). The van der Waals surface area contributed by atoms with Crippen LogP contribution in [-0.4, -0.2) is 11.7 Å². The van der Waals surface area contributed by atoms with Crippen molar-refractivity contribution in [2.24, 2.45) is 9.98 Å². The van der Waals surface area contributed by atoms with Crippen molar-refractivity contribution in [3.63, 3.8) is 0 Å². The molecule has 1 aliphatic carbocycles. The molecule has 1 unspecified atom stereocenters. The van der Waals surface area contributed by atoms with Gasteiger partial charge in [-0.2, -0.15) is 0 Å². The minimum atomic E-state index is -0.332. The Balaban J connectivity index is 0.993. The average molecular weight is 832 g/mol. The lowest BCUT2D eigenvalue weighted by atomic mass is 9.79. The quantitative estimate of drug-likeness (QED) is 0.160. The van der Waals surface area contributed by atoms with Crippen LogP contribution in [0.5, 0.6) is 0 Å². The number of hydrogen-bond acceptors (Lipinski definition) is 3. The maximum Gasteiger partial charge on any atom is 0.159 e. The van der Waals surface area contributed by atoms with Crippen LogP contribution in [0.2, 0.25) is 0 Å². The molecule has 0 aromatic heterocycles. The Labute approximate surface area is 380 Å². The molecule has 1 atom stereocenters. The number of nitrogens with one attached hydrogen (secondary N) is 1. The van der Waals surface area contributed by atoms with Crippen LogP contribution >= 0.6 is 0 Å². The normalized spacial score (nSPS) is 14.9. The SMILES string of the molecule is CC1(C)c2cc(C3=NC(c4ccc(-c5ccccc5)cc4)=NC(c4ccc(-c5ccccc5)cc4)N3)ccc2-c2cc3c(-c4ccccc4)c4ccccc4c(-c4ccccc4)c3cc21. The lowest BCUT2D eigenvalue weighted by Crippen LogP contribution is -2.33. The maximum absolute atomic E-state index is 5.31. The number of amidine groups is 2. The van der Waals surface area contributed by atoms with Gasteiger partial charge in [-0.15, -0.1) is 0 Å². The number of fused-ring (bicyclic) bond motifs is 5. The van der Waals surface area contributed by atoms with Crippen molar-refractivity contribution in [2.75, 3.05) is 0 Å². The summed E-state index contributed by atoms with van der Waals surface area (Å²) in [4.78, 5) is 10.6. The van der Waals surface area contributed by atoms with Crippen molar-refractivity contribution in [1.29, 1.82) is 0 Å². The van der Waals surface area contributed by atoms with E-state index in [2.05, 4.69) is 244 Å². The molecule has 10 aromatic rings. The van der Waals surface area contributed by atoms with Gasteiger partial charge in [0.25, 0.3) is 0 Å². The molecule has 10 aromatic carbocycles. The topological polar surface area (TPSA) is 36.8 Å². The minimum absolute atomic E-state index is 0.284. The molecule has 12 rings (SSSR count). The molecule has 3 nitrogen and oxygen atoms in total. The Kier molecular flexibility index (Phi) is 9.24. The molecule has 0 fully saturated rings. The van der Waals surface area contributed by atoms with Gasteiger partial charge in [0.1, 0.15) is 12.0 Å². The second kappa shape index (κ2) is 15.6. The highest BCUT2D eigenvalue weighted by Crippen LogP contribution is 2.53. The summed E-state index contributed by atoms with van der Waals surface area (Å²) < 4.78 is 0. The highest BCUT2D eigenvalue weighted by molar-refractivity contribution is 6.22. The predicted molar refractivity (Wildman–Crippen MR) is 273 cm³/mol. The van der Waals surface area contributed by atoms with Gasteiger partial charge in [-0.1, -0.05) is 220 Å². The Morgan fingerprint density at radius 2 is 0.800 bits per heavy atom. The molecule has 308 valence electrons. The molecule has 65 heavy (non-hydrogen) atoms. The van der Waals surface area contributed by atoms with Crippen molar-refractivity contribution in [1.82, 2.24) is 5.32 Å². The smallest absolute Gasteiger partial charge is 0.159 e. The van der Waals surface area contributed by atoms with E-state index in [4.69, 9.17) is 9.98 Å². The van der Waals surface area contributed by atoms with Crippen molar-refractivity contribution in [3.8, 4) is 55.6 Å².